The van der Waals surface area contributed by atoms with Crippen LogP contribution in [0.4, 0.5) is 11.5 Å². The minimum absolute atomic E-state index is 0.225. The van der Waals surface area contributed by atoms with Gasteiger partial charge in [-0.25, -0.2) is 0 Å². The molecule has 1 fully saturated rings. The first-order valence-electron chi connectivity index (χ1n) is 8.81. The Morgan fingerprint density at radius 2 is 1.76 bits per heavy atom. The second kappa shape index (κ2) is 8.07. The Bertz CT molecular complexity index is 702. The van der Waals surface area contributed by atoms with Crippen molar-refractivity contribution in [2.45, 2.75) is 26.7 Å². The van der Waals surface area contributed by atoms with Crippen molar-refractivity contribution >= 4 is 17.4 Å². The van der Waals surface area contributed by atoms with Gasteiger partial charge in [0.15, 0.2) is 11.5 Å². The van der Waals surface area contributed by atoms with Gasteiger partial charge in [-0.3, -0.25) is 4.79 Å². The molecule has 1 saturated heterocycles. The van der Waals surface area contributed by atoms with Crippen LogP contribution < -0.4 is 10.2 Å². The van der Waals surface area contributed by atoms with Gasteiger partial charge in [-0.1, -0.05) is 32.0 Å². The Morgan fingerprint density at radius 1 is 1.08 bits per heavy atom. The number of ether oxygens (including phenoxy) is 1. The highest BCUT2D eigenvalue weighted by molar-refractivity contribution is 6.03. The lowest BCUT2D eigenvalue weighted by atomic mass is 10.0. The molecule has 6 nitrogen and oxygen atoms in total. The van der Waals surface area contributed by atoms with Gasteiger partial charge in [-0.2, -0.15) is 0 Å². The van der Waals surface area contributed by atoms with E-state index in [9.17, 15) is 4.79 Å². The minimum Gasteiger partial charge on any atom is -0.378 e. The maximum Gasteiger partial charge on any atom is 0.276 e. The van der Waals surface area contributed by atoms with Crippen LogP contribution >= 0.6 is 0 Å². The van der Waals surface area contributed by atoms with E-state index in [1.165, 1.54) is 0 Å². The molecule has 1 aliphatic rings. The Hall–Kier alpha value is -2.47. The Kier molecular flexibility index (Phi) is 5.60. The van der Waals surface area contributed by atoms with Crippen LogP contribution in [0.5, 0.6) is 0 Å². The summed E-state index contributed by atoms with van der Waals surface area (Å²) in [6.45, 7) is 7.14. The molecule has 1 amide bonds. The van der Waals surface area contributed by atoms with Gasteiger partial charge in [0.25, 0.3) is 5.91 Å². The number of anilines is 2. The van der Waals surface area contributed by atoms with E-state index in [-0.39, 0.29) is 5.91 Å². The highest BCUT2D eigenvalue weighted by Gasteiger charge is 2.16. The van der Waals surface area contributed by atoms with E-state index in [2.05, 4.69) is 34.3 Å². The van der Waals surface area contributed by atoms with Gasteiger partial charge in [-0.15, -0.1) is 10.2 Å². The van der Waals surface area contributed by atoms with Crippen molar-refractivity contribution < 1.29 is 9.53 Å². The molecule has 132 valence electrons. The van der Waals surface area contributed by atoms with Crippen molar-refractivity contribution in [2.75, 3.05) is 36.5 Å². The first kappa shape index (κ1) is 17.4. The van der Waals surface area contributed by atoms with E-state index in [1.807, 2.05) is 24.3 Å². The molecular weight excluding hydrogens is 316 g/mol. The molecule has 0 spiro atoms. The maximum absolute atomic E-state index is 12.6. The lowest BCUT2D eigenvalue weighted by Gasteiger charge is -2.27. The number of amides is 1. The molecular formula is C19H24N4O2. The van der Waals surface area contributed by atoms with Crippen LogP contribution in [0.3, 0.4) is 0 Å². The molecule has 6 heteroatoms. The van der Waals surface area contributed by atoms with E-state index in [0.29, 0.717) is 18.9 Å². The van der Waals surface area contributed by atoms with Gasteiger partial charge in [0, 0.05) is 18.8 Å². The fraction of sp³-hybridized carbons (Fsp3) is 0.421. The number of aryl methyl sites for hydroxylation is 2. The summed E-state index contributed by atoms with van der Waals surface area (Å²) < 4.78 is 5.34. The fourth-order valence-corrected chi connectivity index (χ4v) is 2.99. The van der Waals surface area contributed by atoms with Gasteiger partial charge < -0.3 is 15.0 Å². The molecule has 2 aromatic rings. The number of aromatic nitrogens is 2. The van der Waals surface area contributed by atoms with Gasteiger partial charge in [0.2, 0.25) is 0 Å². The van der Waals surface area contributed by atoms with Crippen LogP contribution in [0.15, 0.2) is 30.3 Å². The summed E-state index contributed by atoms with van der Waals surface area (Å²) in [5.74, 6) is 0.555. The first-order chi connectivity index (χ1) is 12.2. The number of carbonyl (C=O) groups is 1. The molecule has 2 heterocycles. The number of nitrogens with zero attached hydrogens (tertiary/aromatic N) is 3. The average molecular weight is 340 g/mol. The number of para-hydroxylation sites is 1. The summed E-state index contributed by atoms with van der Waals surface area (Å²) in [7, 11) is 0. The predicted molar refractivity (Wildman–Crippen MR) is 98.2 cm³/mol. The molecule has 25 heavy (non-hydrogen) atoms. The van der Waals surface area contributed by atoms with Gasteiger partial charge >= 0.3 is 0 Å². The molecule has 0 bridgehead atoms. The highest BCUT2D eigenvalue weighted by atomic mass is 16.5. The van der Waals surface area contributed by atoms with Crippen LogP contribution in [0.2, 0.25) is 0 Å². The third-order valence-corrected chi connectivity index (χ3v) is 4.46. The van der Waals surface area contributed by atoms with Crippen molar-refractivity contribution in [3.05, 3.63) is 47.2 Å². The van der Waals surface area contributed by atoms with Crippen molar-refractivity contribution in [1.82, 2.24) is 10.2 Å². The zero-order chi connectivity index (χ0) is 17.6. The molecule has 3 rings (SSSR count). The molecule has 0 atom stereocenters. The smallest absolute Gasteiger partial charge is 0.276 e. The topological polar surface area (TPSA) is 67.4 Å². The SMILES string of the molecule is CCc1cccc(CC)c1NC(=O)c1ccc(N2CCOCC2)nn1. The maximum atomic E-state index is 12.6. The van der Waals surface area contributed by atoms with Crippen LogP contribution in [-0.2, 0) is 17.6 Å². The molecule has 0 aliphatic carbocycles. The van der Waals surface area contributed by atoms with E-state index in [0.717, 1.165) is 48.6 Å². The second-order valence-corrected chi connectivity index (χ2v) is 5.99. The number of benzene rings is 1. The van der Waals surface area contributed by atoms with Crippen molar-refractivity contribution in [3.8, 4) is 0 Å². The summed E-state index contributed by atoms with van der Waals surface area (Å²) in [5, 5.41) is 11.3. The fourth-order valence-electron chi connectivity index (χ4n) is 2.99. The summed E-state index contributed by atoms with van der Waals surface area (Å²) in [4.78, 5) is 14.7. The van der Waals surface area contributed by atoms with Crippen molar-refractivity contribution in [3.63, 3.8) is 0 Å². The number of carbonyl (C=O) groups excluding carboxylic acids is 1. The first-order valence-corrected chi connectivity index (χ1v) is 8.81. The van der Waals surface area contributed by atoms with Crippen LogP contribution in [0, 0.1) is 0 Å². The van der Waals surface area contributed by atoms with Crippen LogP contribution in [-0.4, -0.2) is 42.4 Å². The van der Waals surface area contributed by atoms with E-state index in [4.69, 9.17) is 4.74 Å². The highest BCUT2D eigenvalue weighted by Crippen LogP contribution is 2.23. The monoisotopic (exact) mass is 340 g/mol. The third-order valence-electron chi connectivity index (χ3n) is 4.46. The standard InChI is InChI=1S/C19H24N4O2/c1-3-14-6-5-7-15(4-2)18(14)20-19(24)16-8-9-17(22-21-16)23-10-12-25-13-11-23/h5-9H,3-4,10-13H2,1-2H3,(H,20,24). The van der Waals surface area contributed by atoms with Crippen LogP contribution in [0.1, 0.15) is 35.5 Å². The van der Waals surface area contributed by atoms with Gasteiger partial charge in [0.05, 0.1) is 13.2 Å². The number of hydrogen-bond donors (Lipinski definition) is 1. The summed E-state index contributed by atoms with van der Waals surface area (Å²) >= 11 is 0. The van der Waals surface area contributed by atoms with Crippen molar-refractivity contribution in [1.29, 1.82) is 0 Å². The molecule has 0 unspecified atom stereocenters. The lowest BCUT2D eigenvalue weighted by Crippen LogP contribution is -2.37. The second-order valence-electron chi connectivity index (χ2n) is 5.99. The lowest BCUT2D eigenvalue weighted by molar-refractivity contribution is 0.102. The Balaban J connectivity index is 1.75. The molecule has 1 N–H and O–H groups in total. The molecule has 1 aliphatic heterocycles. The normalized spacial score (nSPS) is 14.4. The third kappa shape index (κ3) is 3.96. The number of nitrogens with one attached hydrogen (secondary N) is 1. The van der Waals surface area contributed by atoms with Crippen molar-refractivity contribution in [2.24, 2.45) is 0 Å². The Morgan fingerprint density at radius 3 is 2.32 bits per heavy atom. The number of morpholine rings is 1. The number of hydrogen-bond acceptors (Lipinski definition) is 5. The van der Waals surface area contributed by atoms with E-state index < -0.39 is 0 Å². The quantitative estimate of drug-likeness (QED) is 0.906. The van der Waals surface area contributed by atoms with E-state index in [1.54, 1.807) is 6.07 Å². The molecule has 1 aromatic heterocycles. The number of rotatable bonds is 5. The molecule has 0 saturated carbocycles. The zero-order valence-corrected chi connectivity index (χ0v) is 14.8. The van der Waals surface area contributed by atoms with Gasteiger partial charge in [-0.05, 0) is 36.1 Å². The molecule has 0 radical (unpaired) electrons. The molecule has 1 aromatic carbocycles. The summed E-state index contributed by atoms with van der Waals surface area (Å²) in [6, 6.07) is 9.70. The largest absolute Gasteiger partial charge is 0.378 e. The Labute approximate surface area is 148 Å². The zero-order valence-electron chi connectivity index (χ0n) is 14.8. The van der Waals surface area contributed by atoms with E-state index >= 15 is 0 Å². The minimum atomic E-state index is -0.225. The predicted octanol–water partition coefficient (Wildman–Crippen LogP) is 2.69. The van der Waals surface area contributed by atoms with Crippen LogP contribution in [0.25, 0.3) is 0 Å². The van der Waals surface area contributed by atoms with Gasteiger partial charge in [0.1, 0.15) is 0 Å². The summed E-state index contributed by atoms with van der Waals surface area (Å²) in [6.07, 6.45) is 1.73. The summed E-state index contributed by atoms with van der Waals surface area (Å²) in [5.41, 5.74) is 3.48. The average Bonchev–Trinajstić information content (AvgIpc) is 2.69.